The van der Waals surface area contributed by atoms with E-state index in [-0.39, 0.29) is 6.04 Å². The molecule has 1 atom stereocenters. The molecule has 19 heavy (non-hydrogen) atoms. The van der Waals surface area contributed by atoms with E-state index in [2.05, 4.69) is 20.7 Å². The molecule has 0 saturated carbocycles. The molecule has 2 rings (SSSR count). The van der Waals surface area contributed by atoms with Crippen LogP contribution in [0.25, 0.3) is 0 Å². The molecule has 1 N–H and O–H groups in total. The highest BCUT2D eigenvalue weighted by atomic mass is 19.2. The minimum absolute atomic E-state index is 0.0829. The van der Waals surface area contributed by atoms with Crippen molar-refractivity contribution in [2.45, 2.75) is 18.9 Å². The van der Waals surface area contributed by atoms with Crippen LogP contribution in [0, 0.1) is 11.6 Å². The number of hydrogen-bond donors (Lipinski definition) is 1. The number of nitrogens with zero attached hydrogens (tertiary/aromatic N) is 4. The first-order chi connectivity index (χ1) is 9.10. The highest BCUT2D eigenvalue weighted by Crippen LogP contribution is 2.14. The summed E-state index contributed by atoms with van der Waals surface area (Å²) in [5.41, 5.74) is 0.336. The monoisotopic (exact) mass is 267 g/mol. The molecule has 0 bridgehead atoms. The molecule has 0 fully saturated rings. The molecule has 0 amide bonds. The number of aryl methyl sites for hydroxylation is 1. The minimum Gasteiger partial charge on any atom is -0.316 e. The van der Waals surface area contributed by atoms with Crippen molar-refractivity contribution < 1.29 is 8.78 Å². The van der Waals surface area contributed by atoms with Crippen molar-refractivity contribution in [2.75, 3.05) is 7.05 Å². The van der Waals surface area contributed by atoms with E-state index < -0.39 is 11.6 Å². The summed E-state index contributed by atoms with van der Waals surface area (Å²) < 4.78 is 26.7. The first kappa shape index (κ1) is 13.5. The van der Waals surface area contributed by atoms with Gasteiger partial charge in [-0.1, -0.05) is 12.1 Å². The largest absolute Gasteiger partial charge is 0.316 e. The summed E-state index contributed by atoms with van der Waals surface area (Å²) in [5, 5.41) is 14.7. The maximum absolute atomic E-state index is 13.6. The summed E-state index contributed by atoms with van der Waals surface area (Å²) in [5.74, 6) is -1.06. The molecule has 1 unspecified atom stereocenters. The van der Waals surface area contributed by atoms with Crippen LogP contribution >= 0.6 is 0 Å². The van der Waals surface area contributed by atoms with E-state index in [0.717, 1.165) is 6.07 Å². The zero-order valence-corrected chi connectivity index (χ0v) is 10.8. The predicted octanol–water partition coefficient (Wildman–Crippen LogP) is 0.861. The van der Waals surface area contributed by atoms with Crippen molar-refractivity contribution in [2.24, 2.45) is 7.05 Å². The van der Waals surface area contributed by atoms with E-state index in [1.54, 1.807) is 20.2 Å². The van der Waals surface area contributed by atoms with Crippen molar-refractivity contribution in [3.8, 4) is 0 Å². The number of tetrazole rings is 1. The summed E-state index contributed by atoms with van der Waals surface area (Å²) in [6.45, 7) is 0. The topological polar surface area (TPSA) is 55.6 Å². The fourth-order valence-electron chi connectivity index (χ4n) is 1.87. The maximum Gasteiger partial charge on any atom is 0.176 e. The molecule has 0 spiro atoms. The second-order valence-electron chi connectivity index (χ2n) is 4.30. The van der Waals surface area contributed by atoms with E-state index in [1.165, 1.54) is 10.9 Å². The summed E-state index contributed by atoms with van der Waals surface area (Å²) in [7, 11) is 3.44. The number of likely N-dealkylation sites (N-methyl/N-ethyl adjacent to an activating group) is 1. The Kier molecular flexibility index (Phi) is 4.16. The van der Waals surface area contributed by atoms with Crippen LogP contribution in [0.2, 0.25) is 0 Å². The third kappa shape index (κ3) is 3.31. The molecular formula is C12H15F2N5. The van der Waals surface area contributed by atoms with Gasteiger partial charge in [0.15, 0.2) is 17.5 Å². The van der Waals surface area contributed by atoms with E-state index in [0.29, 0.717) is 24.2 Å². The van der Waals surface area contributed by atoms with E-state index >= 15 is 0 Å². The lowest BCUT2D eigenvalue weighted by Crippen LogP contribution is -2.30. The normalized spacial score (nSPS) is 12.6. The van der Waals surface area contributed by atoms with Gasteiger partial charge in [-0.15, -0.1) is 10.2 Å². The SMILES string of the molecule is CNC(Cc1nnn(C)n1)Cc1cccc(F)c1F. The fraction of sp³-hybridized carbons (Fsp3) is 0.417. The van der Waals surface area contributed by atoms with Gasteiger partial charge >= 0.3 is 0 Å². The highest BCUT2D eigenvalue weighted by molar-refractivity contribution is 5.20. The highest BCUT2D eigenvalue weighted by Gasteiger charge is 2.15. The molecule has 1 aromatic heterocycles. The lowest BCUT2D eigenvalue weighted by molar-refractivity contribution is 0.479. The first-order valence-electron chi connectivity index (χ1n) is 5.93. The van der Waals surface area contributed by atoms with Gasteiger partial charge < -0.3 is 5.32 Å². The third-order valence-corrected chi connectivity index (χ3v) is 2.88. The number of hydrogen-bond acceptors (Lipinski definition) is 4. The van der Waals surface area contributed by atoms with Crippen molar-refractivity contribution in [1.82, 2.24) is 25.5 Å². The molecule has 0 saturated heterocycles. The average Bonchev–Trinajstić information content (AvgIpc) is 2.79. The number of rotatable bonds is 5. The number of nitrogens with one attached hydrogen (secondary N) is 1. The Balaban J connectivity index is 2.08. The van der Waals surface area contributed by atoms with Crippen LogP contribution in [0.5, 0.6) is 0 Å². The standard InChI is InChI=1S/C12H15F2N5/c1-15-9(7-11-16-18-19(2)17-11)6-8-4-3-5-10(13)12(8)14/h3-5,9,15H,6-7H2,1-2H3. The van der Waals surface area contributed by atoms with Crippen LogP contribution in [-0.2, 0) is 19.9 Å². The molecule has 102 valence electrons. The Hall–Kier alpha value is -1.89. The summed E-state index contributed by atoms with van der Waals surface area (Å²) >= 11 is 0. The molecule has 7 heteroatoms. The number of aromatic nitrogens is 4. The molecule has 2 aromatic rings. The minimum atomic E-state index is -0.829. The summed E-state index contributed by atoms with van der Waals surface area (Å²) in [6, 6.07) is 4.10. The van der Waals surface area contributed by atoms with E-state index in [1.807, 2.05) is 0 Å². The molecule has 5 nitrogen and oxygen atoms in total. The van der Waals surface area contributed by atoms with Gasteiger partial charge in [-0.3, -0.25) is 0 Å². The first-order valence-corrected chi connectivity index (χ1v) is 5.93. The zero-order valence-electron chi connectivity index (χ0n) is 10.8. The Morgan fingerprint density at radius 1 is 1.32 bits per heavy atom. The van der Waals surface area contributed by atoms with Crippen molar-refractivity contribution in [1.29, 1.82) is 0 Å². The van der Waals surface area contributed by atoms with Crippen molar-refractivity contribution >= 4 is 0 Å². The molecule has 0 aliphatic rings. The fourth-order valence-corrected chi connectivity index (χ4v) is 1.87. The van der Waals surface area contributed by atoms with Gasteiger partial charge in [0.2, 0.25) is 0 Å². The molecular weight excluding hydrogens is 252 g/mol. The van der Waals surface area contributed by atoms with Gasteiger partial charge in [0.05, 0.1) is 7.05 Å². The predicted molar refractivity (Wildman–Crippen MR) is 65.4 cm³/mol. The second-order valence-corrected chi connectivity index (χ2v) is 4.30. The van der Waals surface area contributed by atoms with Gasteiger partial charge in [0.25, 0.3) is 0 Å². The number of benzene rings is 1. The lowest BCUT2D eigenvalue weighted by atomic mass is 10.0. The Bertz CT molecular complexity index is 555. The maximum atomic E-state index is 13.6. The van der Waals surface area contributed by atoms with Crippen LogP contribution in [0.4, 0.5) is 8.78 Å². The molecule has 0 aliphatic carbocycles. The second kappa shape index (κ2) is 5.83. The zero-order chi connectivity index (χ0) is 13.8. The summed E-state index contributed by atoms with van der Waals surface area (Å²) in [4.78, 5) is 1.37. The molecule has 0 radical (unpaired) electrons. The molecule has 1 aromatic carbocycles. The van der Waals surface area contributed by atoms with Gasteiger partial charge in [-0.25, -0.2) is 8.78 Å². The van der Waals surface area contributed by atoms with E-state index in [9.17, 15) is 8.78 Å². The van der Waals surface area contributed by atoms with Crippen LogP contribution in [-0.4, -0.2) is 33.3 Å². The lowest BCUT2D eigenvalue weighted by Gasteiger charge is -2.14. The van der Waals surface area contributed by atoms with Crippen LogP contribution < -0.4 is 5.32 Å². The average molecular weight is 267 g/mol. The van der Waals surface area contributed by atoms with Gasteiger partial charge in [-0.2, -0.15) is 4.80 Å². The van der Waals surface area contributed by atoms with Crippen LogP contribution in [0.15, 0.2) is 18.2 Å². The van der Waals surface area contributed by atoms with Crippen molar-refractivity contribution in [3.05, 3.63) is 41.2 Å². The van der Waals surface area contributed by atoms with E-state index in [4.69, 9.17) is 0 Å². The molecule has 1 heterocycles. The number of halogens is 2. The van der Waals surface area contributed by atoms with Crippen molar-refractivity contribution in [3.63, 3.8) is 0 Å². The van der Waals surface area contributed by atoms with Gasteiger partial charge in [-0.05, 0) is 30.3 Å². The third-order valence-electron chi connectivity index (χ3n) is 2.88. The Morgan fingerprint density at radius 2 is 2.11 bits per heavy atom. The Morgan fingerprint density at radius 3 is 2.74 bits per heavy atom. The molecule has 0 aliphatic heterocycles. The Labute approximate surface area is 109 Å². The quantitative estimate of drug-likeness (QED) is 0.873. The van der Waals surface area contributed by atoms with Gasteiger partial charge in [0.1, 0.15) is 0 Å². The summed E-state index contributed by atoms with van der Waals surface area (Å²) in [6.07, 6.45) is 0.860. The smallest absolute Gasteiger partial charge is 0.176 e. The van der Waals surface area contributed by atoms with Crippen LogP contribution in [0.3, 0.4) is 0 Å². The van der Waals surface area contributed by atoms with Crippen LogP contribution in [0.1, 0.15) is 11.4 Å². The van der Waals surface area contributed by atoms with Gasteiger partial charge in [0, 0.05) is 12.5 Å².